The Morgan fingerprint density at radius 1 is 1.20 bits per heavy atom. The quantitative estimate of drug-likeness (QED) is 0.933. The number of aromatic nitrogens is 2. The zero-order chi connectivity index (χ0) is 14.0. The van der Waals surface area contributed by atoms with Gasteiger partial charge in [-0.15, -0.1) is 0 Å². The van der Waals surface area contributed by atoms with Gasteiger partial charge in [0, 0.05) is 18.7 Å². The Kier molecular flexibility index (Phi) is 3.40. The van der Waals surface area contributed by atoms with Crippen LogP contribution in [0.4, 0.5) is 0 Å². The van der Waals surface area contributed by atoms with E-state index in [1.807, 2.05) is 30.3 Å². The number of nitrogens with zero attached hydrogens (tertiary/aromatic N) is 1. The van der Waals surface area contributed by atoms with Gasteiger partial charge in [0.15, 0.2) is 0 Å². The van der Waals surface area contributed by atoms with Crippen molar-refractivity contribution in [2.45, 2.75) is 31.3 Å². The Hall–Kier alpha value is -1.94. The molecular weight excluding hydrogens is 252 g/mol. The average Bonchev–Trinajstić information content (AvgIpc) is 2.98. The van der Waals surface area contributed by atoms with Gasteiger partial charge in [0.25, 0.3) is 5.56 Å². The number of ether oxygens (including phenoxy) is 1. The van der Waals surface area contributed by atoms with Crippen LogP contribution < -0.4 is 5.56 Å². The van der Waals surface area contributed by atoms with Gasteiger partial charge in [-0.25, -0.2) is 4.98 Å². The molecule has 1 fully saturated rings. The van der Waals surface area contributed by atoms with Crippen molar-refractivity contribution < 1.29 is 4.74 Å². The van der Waals surface area contributed by atoms with Gasteiger partial charge in [-0.1, -0.05) is 30.3 Å². The van der Waals surface area contributed by atoms with E-state index >= 15 is 0 Å². The standard InChI is InChI=1S/C16H18N2O2/c1-20-16(9-5-6-10-16)15-17-13(11-14(19)18-15)12-7-3-2-4-8-12/h2-4,7-8,11H,5-6,9-10H2,1H3,(H,17,18,19). The van der Waals surface area contributed by atoms with E-state index in [0.29, 0.717) is 11.5 Å². The van der Waals surface area contributed by atoms with E-state index in [-0.39, 0.29) is 5.56 Å². The number of aromatic amines is 1. The molecule has 104 valence electrons. The van der Waals surface area contributed by atoms with E-state index in [1.165, 1.54) is 6.07 Å². The second-order valence-electron chi connectivity index (χ2n) is 5.25. The molecule has 4 nitrogen and oxygen atoms in total. The van der Waals surface area contributed by atoms with Crippen LogP contribution in [-0.4, -0.2) is 17.1 Å². The van der Waals surface area contributed by atoms with Crippen molar-refractivity contribution >= 4 is 0 Å². The lowest BCUT2D eigenvalue weighted by molar-refractivity contribution is -0.0164. The summed E-state index contributed by atoms with van der Waals surface area (Å²) in [6, 6.07) is 11.3. The summed E-state index contributed by atoms with van der Waals surface area (Å²) in [4.78, 5) is 19.5. The lowest BCUT2D eigenvalue weighted by atomic mass is 10.0. The molecule has 0 bridgehead atoms. The van der Waals surface area contributed by atoms with Crippen LogP contribution in [0.3, 0.4) is 0 Å². The van der Waals surface area contributed by atoms with Crippen LogP contribution >= 0.6 is 0 Å². The normalized spacial score (nSPS) is 17.2. The minimum Gasteiger partial charge on any atom is -0.370 e. The SMILES string of the molecule is COC1(c2nc(-c3ccccc3)cc(=O)[nH]2)CCCC1. The molecule has 0 aliphatic heterocycles. The third-order valence-corrected chi connectivity index (χ3v) is 4.04. The molecule has 1 N–H and O–H groups in total. The Morgan fingerprint density at radius 2 is 1.90 bits per heavy atom. The van der Waals surface area contributed by atoms with Gasteiger partial charge >= 0.3 is 0 Å². The van der Waals surface area contributed by atoms with E-state index in [4.69, 9.17) is 4.74 Å². The maximum atomic E-state index is 11.9. The number of methoxy groups -OCH3 is 1. The Labute approximate surface area is 117 Å². The third kappa shape index (κ3) is 2.27. The van der Waals surface area contributed by atoms with E-state index in [1.54, 1.807) is 7.11 Å². The Balaban J connectivity index is 2.10. The summed E-state index contributed by atoms with van der Waals surface area (Å²) < 4.78 is 5.70. The summed E-state index contributed by atoms with van der Waals surface area (Å²) in [5.74, 6) is 0.656. The summed E-state index contributed by atoms with van der Waals surface area (Å²) in [6.07, 6.45) is 4.02. The van der Waals surface area contributed by atoms with E-state index in [0.717, 1.165) is 31.2 Å². The summed E-state index contributed by atoms with van der Waals surface area (Å²) in [6.45, 7) is 0. The number of H-pyrrole nitrogens is 1. The fourth-order valence-electron chi connectivity index (χ4n) is 2.91. The highest BCUT2D eigenvalue weighted by molar-refractivity contribution is 5.58. The highest BCUT2D eigenvalue weighted by Crippen LogP contribution is 2.39. The fraction of sp³-hybridized carbons (Fsp3) is 0.375. The smallest absolute Gasteiger partial charge is 0.251 e. The van der Waals surface area contributed by atoms with Gasteiger partial charge in [0.2, 0.25) is 0 Å². The molecule has 20 heavy (non-hydrogen) atoms. The molecule has 0 radical (unpaired) electrons. The predicted octanol–water partition coefficient (Wildman–Crippen LogP) is 2.85. The number of rotatable bonds is 3. The molecule has 1 aromatic carbocycles. The first-order valence-corrected chi connectivity index (χ1v) is 6.96. The van der Waals surface area contributed by atoms with Crippen molar-refractivity contribution in [3.05, 3.63) is 52.6 Å². The van der Waals surface area contributed by atoms with Crippen LogP contribution in [0.1, 0.15) is 31.5 Å². The monoisotopic (exact) mass is 270 g/mol. The lowest BCUT2D eigenvalue weighted by Gasteiger charge is -2.26. The van der Waals surface area contributed by atoms with Crippen molar-refractivity contribution in [2.24, 2.45) is 0 Å². The maximum absolute atomic E-state index is 11.9. The summed E-state index contributed by atoms with van der Waals surface area (Å²) >= 11 is 0. The zero-order valence-electron chi connectivity index (χ0n) is 11.6. The van der Waals surface area contributed by atoms with E-state index in [2.05, 4.69) is 9.97 Å². The number of benzene rings is 1. The van der Waals surface area contributed by atoms with Crippen LogP contribution in [0.15, 0.2) is 41.2 Å². The zero-order valence-corrected chi connectivity index (χ0v) is 11.6. The van der Waals surface area contributed by atoms with Gasteiger partial charge in [-0.05, 0) is 25.7 Å². The molecular formula is C16H18N2O2. The van der Waals surface area contributed by atoms with Crippen LogP contribution in [-0.2, 0) is 10.3 Å². The minimum absolute atomic E-state index is 0.128. The van der Waals surface area contributed by atoms with Crippen molar-refractivity contribution in [2.75, 3.05) is 7.11 Å². The van der Waals surface area contributed by atoms with Crippen LogP contribution in [0.25, 0.3) is 11.3 Å². The molecule has 3 rings (SSSR count). The number of hydrogen-bond donors (Lipinski definition) is 1. The van der Waals surface area contributed by atoms with Gasteiger partial charge < -0.3 is 9.72 Å². The predicted molar refractivity (Wildman–Crippen MR) is 77.4 cm³/mol. The molecule has 1 aliphatic carbocycles. The third-order valence-electron chi connectivity index (χ3n) is 4.04. The Morgan fingerprint density at radius 3 is 2.55 bits per heavy atom. The van der Waals surface area contributed by atoms with Gasteiger partial charge in [-0.3, -0.25) is 4.79 Å². The van der Waals surface area contributed by atoms with Gasteiger partial charge in [-0.2, -0.15) is 0 Å². The van der Waals surface area contributed by atoms with Crippen LogP contribution in [0.2, 0.25) is 0 Å². The molecule has 1 heterocycles. The highest BCUT2D eigenvalue weighted by Gasteiger charge is 2.38. The highest BCUT2D eigenvalue weighted by atomic mass is 16.5. The molecule has 0 spiro atoms. The van der Waals surface area contributed by atoms with Crippen LogP contribution in [0.5, 0.6) is 0 Å². The first-order valence-electron chi connectivity index (χ1n) is 6.96. The molecule has 0 atom stereocenters. The number of hydrogen-bond acceptors (Lipinski definition) is 3. The number of nitrogens with one attached hydrogen (secondary N) is 1. The molecule has 1 aromatic heterocycles. The van der Waals surface area contributed by atoms with Gasteiger partial charge in [0.05, 0.1) is 5.69 Å². The van der Waals surface area contributed by atoms with Crippen molar-refractivity contribution in [1.82, 2.24) is 9.97 Å². The average molecular weight is 270 g/mol. The minimum atomic E-state index is -0.427. The van der Waals surface area contributed by atoms with E-state index in [9.17, 15) is 4.79 Å². The first kappa shape index (κ1) is 13.1. The Bertz CT molecular complexity index is 643. The first-order chi connectivity index (χ1) is 9.73. The van der Waals surface area contributed by atoms with Crippen molar-refractivity contribution in [3.63, 3.8) is 0 Å². The molecule has 1 aliphatic rings. The van der Waals surface area contributed by atoms with E-state index < -0.39 is 5.60 Å². The van der Waals surface area contributed by atoms with Crippen LogP contribution in [0, 0.1) is 0 Å². The maximum Gasteiger partial charge on any atom is 0.251 e. The fourth-order valence-corrected chi connectivity index (χ4v) is 2.91. The lowest BCUT2D eigenvalue weighted by Crippen LogP contribution is -2.30. The molecule has 0 amide bonds. The molecule has 4 heteroatoms. The van der Waals surface area contributed by atoms with Gasteiger partial charge in [0.1, 0.15) is 11.4 Å². The van der Waals surface area contributed by atoms with Crippen molar-refractivity contribution in [3.8, 4) is 11.3 Å². The molecule has 0 saturated heterocycles. The summed E-state index contributed by atoms with van der Waals surface area (Å²) in [5.41, 5.74) is 1.10. The summed E-state index contributed by atoms with van der Waals surface area (Å²) in [5, 5.41) is 0. The summed E-state index contributed by atoms with van der Waals surface area (Å²) in [7, 11) is 1.69. The molecule has 0 unspecified atom stereocenters. The van der Waals surface area contributed by atoms with Crippen molar-refractivity contribution in [1.29, 1.82) is 0 Å². The largest absolute Gasteiger partial charge is 0.370 e. The second kappa shape index (κ2) is 5.21. The topological polar surface area (TPSA) is 55.0 Å². The second-order valence-corrected chi connectivity index (χ2v) is 5.25. The molecule has 1 saturated carbocycles. The molecule has 2 aromatic rings.